The highest BCUT2D eigenvalue weighted by Crippen LogP contribution is 2.63. The lowest BCUT2D eigenvalue weighted by molar-refractivity contribution is -0.134. The lowest BCUT2D eigenvalue weighted by Crippen LogP contribution is -2.38. The van der Waals surface area contributed by atoms with E-state index in [-0.39, 0.29) is 17.2 Å². The average Bonchev–Trinajstić information content (AvgIpc) is 3.07. The Morgan fingerprint density at radius 3 is 2.83 bits per heavy atom. The molecule has 2 saturated carbocycles. The molecule has 1 unspecified atom stereocenters. The Balaban J connectivity index is 1.40. The number of rotatable bonds is 5. The van der Waals surface area contributed by atoms with Crippen LogP contribution in [0.4, 0.5) is 0 Å². The van der Waals surface area contributed by atoms with Crippen LogP contribution in [0.15, 0.2) is 24.4 Å². The molecule has 7 nitrogen and oxygen atoms in total. The zero-order chi connectivity index (χ0) is 20.7. The van der Waals surface area contributed by atoms with Gasteiger partial charge in [-0.3, -0.25) is 14.5 Å². The number of amides is 1. The van der Waals surface area contributed by atoms with Crippen molar-refractivity contribution in [1.82, 2.24) is 19.7 Å². The Labute approximate surface area is 176 Å². The molecule has 1 aliphatic heterocycles. The van der Waals surface area contributed by atoms with Gasteiger partial charge in [0.05, 0.1) is 18.8 Å². The van der Waals surface area contributed by atoms with Crippen molar-refractivity contribution in [2.45, 2.75) is 58.5 Å². The van der Waals surface area contributed by atoms with Gasteiger partial charge in [-0.1, -0.05) is 18.9 Å². The Hall–Kier alpha value is -2.70. The first-order valence-electron chi connectivity index (χ1n) is 11.1. The summed E-state index contributed by atoms with van der Waals surface area (Å²) < 4.78 is 7.12. The summed E-state index contributed by atoms with van der Waals surface area (Å²) in [6.07, 6.45) is 8.38. The second-order valence-electron chi connectivity index (χ2n) is 8.81. The van der Waals surface area contributed by atoms with Gasteiger partial charge in [-0.05, 0) is 43.7 Å². The highest BCUT2D eigenvalue weighted by Gasteiger charge is 2.59. The fourth-order valence-electron chi connectivity index (χ4n) is 5.37. The molecule has 1 amide bonds. The number of hydrogen-bond donors (Lipinski definition) is 0. The number of ether oxygens (including phenoxy) is 1. The number of fused-ring (bicyclic) bond motifs is 1. The number of nitrogens with zero attached hydrogens (tertiary/aromatic N) is 4. The summed E-state index contributed by atoms with van der Waals surface area (Å²) in [5.74, 6) is 0.0208. The second kappa shape index (κ2) is 7.52. The Morgan fingerprint density at radius 2 is 2.10 bits per heavy atom. The van der Waals surface area contributed by atoms with E-state index in [1.165, 1.54) is 25.7 Å². The summed E-state index contributed by atoms with van der Waals surface area (Å²) >= 11 is 0. The normalized spacial score (nSPS) is 21.5. The molecule has 5 rings (SSSR count). The van der Waals surface area contributed by atoms with Gasteiger partial charge in [0.15, 0.2) is 5.69 Å². The molecule has 1 spiro atoms. The van der Waals surface area contributed by atoms with Crippen LogP contribution >= 0.6 is 0 Å². The van der Waals surface area contributed by atoms with Crippen LogP contribution < -0.4 is 0 Å². The number of esters is 1. The summed E-state index contributed by atoms with van der Waals surface area (Å²) in [5.41, 5.74) is 3.36. The highest BCUT2D eigenvalue weighted by molar-refractivity contribution is 5.90. The van der Waals surface area contributed by atoms with E-state index in [2.05, 4.69) is 10.1 Å². The van der Waals surface area contributed by atoms with E-state index in [4.69, 9.17) is 4.74 Å². The molecule has 0 N–H and O–H groups in total. The first kappa shape index (κ1) is 19.3. The zero-order valence-electron chi connectivity index (χ0n) is 17.5. The van der Waals surface area contributed by atoms with Crippen molar-refractivity contribution in [3.05, 3.63) is 47.0 Å². The van der Waals surface area contributed by atoms with Gasteiger partial charge in [0.1, 0.15) is 0 Å². The predicted octanol–water partition coefficient (Wildman–Crippen LogP) is 2.97. The summed E-state index contributed by atoms with van der Waals surface area (Å²) in [6.45, 7) is 3.71. The number of aromatic nitrogens is 3. The van der Waals surface area contributed by atoms with Crippen LogP contribution in [-0.2, 0) is 29.0 Å². The second-order valence-corrected chi connectivity index (χ2v) is 8.81. The van der Waals surface area contributed by atoms with Crippen molar-refractivity contribution in [2.75, 3.05) is 13.2 Å². The molecular weight excluding hydrogens is 380 g/mol. The van der Waals surface area contributed by atoms with E-state index in [0.29, 0.717) is 38.4 Å². The largest absolute Gasteiger partial charge is 0.461 e. The SMILES string of the molecule is CCOC(=O)c1nn(Cc2ccccn2)c2c1CN(C(=O)C1CC13CCCC3)CC2. The Kier molecular flexibility index (Phi) is 4.83. The van der Waals surface area contributed by atoms with Crippen molar-refractivity contribution >= 4 is 11.9 Å². The minimum absolute atomic E-state index is 0.177. The maximum Gasteiger partial charge on any atom is 0.359 e. The predicted molar refractivity (Wildman–Crippen MR) is 110 cm³/mol. The van der Waals surface area contributed by atoms with Crippen LogP contribution in [0.2, 0.25) is 0 Å². The molecule has 0 aromatic carbocycles. The van der Waals surface area contributed by atoms with Gasteiger partial charge in [-0.2, -0.15) is 5.10 Å². The fourth-order valence-corrected chi connectivity index (χ4v) is 5.37. The monoisotopic (exact) mass is 408 g/mol. The highest BCUT2D eigenvalue weighted by atomic mass is 16.5. The van der Waals surface area contributed by atoms with Crippen LogP contribution in [0.3, 0.4) is 0 Å². The molecule has 0 saturated heterocycles. The summed E-state index contributed by atoms with van der Waals surface area (Å²) in [6, 6.07) is 5.77. The lowest BCUT2D eigenvalue weighted by atomic mass is 10.00. The molecule has 158 valence electrons. The third-order valence-electron chi connectivity index (χ3n) is 7.04. The Morgan fingerprint density at radius 1 is 1.27 bits per heavy atom. The molecule has 1 atom stereocenters. The van der Waals surface area contributed by atoms with E-state index >= 15 is 0 Å². The van der Waals surface area contributed by atoms with Gasteiger partial charge in [-0.25, -0.2) is 4.79 Å². The average molecular weight is 409 g/mol. The summed E-state index contributed by atoms with van der Waals surface area (Å²) in [7, 11) is 0. The van der Waals surface area contributed by atoms with Crippen molar-refractivity contribution in [2.24, 2.45) is 11.3 Å². The molecule has 0 radical (unpaired) electrons. The van der Waals surface area contributed by atoms with E-state index in [0.717, 1.165) is 23.4 Å². The number of carbonyl (C=O) groups is 2. The van der Waals surface area contributed by atoms with Crippen LogP contribution in [0, 0.1) is 11.3 Å². The van der Waals surface area contributed by atoms with E-state index < -0.39 is 5.97 Å². The fraction of sp³-hybridized carbons (Fsp3) is 0.565. The smallest absolute Gasteiger partial charge is 0.359 e. The van der Waals surface area contributed by atoms with Crippen molar-refractivity contribution < 1.29 is 14.3 Å². The summed E-state index contributed by atoms with van der Waals surface area (Å²) in [5, 5.41) is 4.60. The minimum Gasteiger partial charge on any atom is -0.461 e. The molecule has 2 aromatic rings. The molecule has 3 heterocycles. The number of hydrogen-bond acceptors (Lipinski definition) is 5. The minimum atomic E-state index is -0.415. The van der Waals surface area contributed by atoms with Crippen molar-refractivity contribution in [1.29, 1.82) is 0 Å². The first-order chi connectivity index (χ1) is 14.6. The standard InChI is InChI=1S/C23H28N4O3/c1-2-30-22(29)20-17-15-26(21(28)18-13-23(18)9-4-5-10-23)12-8-19(17)27(25-20)14-16-7-3-6-11-24-16/h3,6-7,11,18H,2,4-5,8-10,12-15H2,1H3. The van der Waals surface area contributed by atoms with Crippen LogP contribution in [0.5, 0.6) is 0 Å². The van der Waals surface area contributed by atoms with Crippen LogP contribution in [0.25, 0.3) is 0 Å². The lowest BCUT2D eigenvalue weighted by Gasteiger charge is -2.28. The molecule has 2 aliphatic carbocycles. The number of carbonyl (C=O) groups excluding carboxylic acids is 2. The van der Waals surface area contributed by atoms with Crippen LogP contribution in [-0.4, -0.2) is 44.7 Å². The topological polar surface area (TPSA) is 77.3 Å². The molecule has 2 fully saturated rings. The van der Waals surface area contributed by atoms with Gasteiger partial charge in [0.25, 0.3) is 0 Å². The molecule has 2 aromatic heterocycles. The van der Waals surface area contributed by atoms with Crippen LogP contribution in [0.1, 0.15) is 66.5 Å². The van der Waals surface area contributed by atoms with Crippen molar-refractivity contribution in [3.63, 3.8) is 0 Å². The molecule has 30 heavy (non-hydrogen) atoms. The maximum absolute atomic E-state index is 13.2. The van der Waals surface area contributed by atoms with E-state index in [1.54, 1.807) is 13.1 Å². The van der Waals surface area contributed by atoms with Gasteiger partial charge < -0.3 is 9.64 Å². The van der Waals surface area contributed by atoms with Gasteiger partial charge in [-0.15, -0.1) is 0 Å². The van der Waals surface area contributed by atoms with Gasteiger partial charge in [0.2, 0.25) is 5.91 Å². The van der Waals surface area contributed by atoms with Gasteiger partial charge >= 0.3 is 5.97 Å². The van der Waals surface area contributed by atoms with Crippen molar-refractivity contribution in [3.8, 4) is 0 Å². The molecule has 0 bridgehead atoms. The summed E-state index contributed by atoms with van der Waals surface area (Å²) in [4.78, 5) is 32.1. The molecular formula is C23H28N4O3. The maximum atomic E-state index is 13.2. The zero-order valence-corrected chi connectivity index (χ0v) is 17.5. The number of pyridine rings is 1. The van der Waals surface area contributed by atoms with Gasteiger partial charge in [0, 0.05) is 42.9 Å². The third-order valence-corrected chi connectivity index (χ3v) is 7.04. The Bertz CT molecular complexity index is 962. The molecule has 7 heteroatoms. The quantitative estimate of drug-likeness (QED) is 0.711. The third kappa shape index (κ3) is 3.30. The van der Waals surface area contributed by atoms with E-state index in [9.17, 15) is 9.59 Å². The van der Waals surface area contributed by atoms with E-state index in [1.807, 2.05) is 27.8 Å². The molecule has 3 aliphatic rings. The first-order valence-corrected chi connectivity index (χ1v) is 11.1.